The quantitative estimate of drug-likeness (QED) is 0.692. The third-order valence-corrected chi connectivity index (χ3v) is 8.93. The molecule has 1 aliphatic carbocycles. The van der Waals surface area contributed by atoms with Gasteiger partial charge in [0.1, 0.15) is 0 Å². The van der Waals surface area contributed by atoms with Gasteiger partial charge in [0.2, 0.25) is 0 Å². The standard InChI is InChI=1S/C20H31N5O4S/c1-22-13-18(21-15-22)30(27,28)24-8-4-17(5-9-24)25-19(26)23(12-16-2-3-16)14-20(25)6-10-29-11-7-20/h13,15-17H,2-12,14H2,1H3. The maximum Gasteiger partial charge on any atom is 0.320 e. The number of nitrogens with zero attached hydrogens (tertiary/aromatic N) is 5. The molecule has 9 nitrogen and oxygen atoms in total. The summed E-state index contributed by atoms with van der Waals surface area (Å²) in [7, 11) is -1.82. The first kappa shape index (κ1) is 20.3. The first-order chi connectivity index (χ1) is 14.4. The number of hydrogen-bond donors (Lipinski definition) is 0. The summed E-state index contributed by atoms with van der Waals surface area (Å²) in [5.74, 6) is 0.663. The second kappa shape index (κ2) is 7.49. The van der Waals surface area contributed by atoms with Gasteiger partial charge in [-0.2, -0.15) is 4.31 Å². The molecule has 0 N–H and O–H groups in total. The van der Waals surface area contributed by atoms with E-state index in [1.807, 2.05) is 0 Å². The Kier molecular flexibility index (Phi) is 5.06. The summed E-state index contributed by atoms with van der Waals surface area (Å²) in [6, 6.07) is 0.227. The maximum atomic E-state index is 13.4. The van der Waals surface area contributed by atoms with Crippen LogP contribution in [0.5, 0.6) is 0 Å². The van der Waals surface area contributed by atoms with Crippen molar-refractivity contribution in [3.05, 3.63) is 12.5 Å². The highest BCUT2D eigenvalue weighted by atomic mass is 32.2. The largest absolute Gasteiger partial charge is 0.381 e. The van der Waals surface area contributed by atoms with Gasteiger partial charge in [0.05, 0.1) is 11.9 Å². The van der Waals surface area contributed by atoms with Crippen molar-refractivity contribution in [2.45, 2.75) is 55.1 Å². The zero-order chi connectivity index (χ0) is 20.9. The molecule has 1 saturated carbocycles. The van der Waals surface area contributed by atoms with E-state index in [4.69, 9.17) is 4.74 Å². The Morgan fingerprint density at radius 3 is 2.47 bits per heavy atom. The van der Waals surface area contributed by atoms with Crippen LogP contribution in [0.2, 0.25) is 0 Å². The summed E-state index contributed by atoms with van der Waals surface area (Å²) in [5, 5.41) is 0.0946. The highest BCUT2D eigenvalue weighted by Crippen LogP contribution is 2.41. The lowest BCUT2D eigenvalue weighted by atomic mass is 9.86. The van der Waals surface area contributed by atoms with Crippen LogP contribution in [0.4, 0.5) is 4.79 Å². The molecular formula is C20H31N5O4S. The van der Waals surface area contributed by atoms with Crippen molar-refractivity contribution in [3.63, 3.8) is 0 Å². The van der Waals surface area contributed by atoms with Gasteiger partial charge in [-0.05, 0) is 44.4 Å². The Morgan fingerprint density at radius 2 is 1.87 bits per heavy atom. The number of rotatable bonds is 5. The zero-order valence-corrected chi connectivity index (χ0v) is 18.4. The molecule has 0 radical (unpaired) electrons. The van der Waals surface area contributed by atoms with E-state index < -0.39 is 10.0 Å². The van der Waals surface area contributed by atoms with E-state index in [1.165, 1.54) is 29.7 Å². The second-order valence-corrected chi connectivity index (χ2v) is 11.2. The van der Waals surface area contributed by atoms with Crippen LogP contribution in [0.15, 0.2) is 17.6 Å². The number of imidazole rings is 1. The van der Waals surface area contributed by atoms with Crippen LogP contribution < -0.4 is 0 Å². The minimum absolute atomic E-state index is 0.0787. The molecule has 1 aromatic rings. The predicted octanol–water partition coefficient (Wildman–Crippen LogP) is 1.27. The minimum atomic E-state index is -3.59. The number of ether oxygens (including phenoxy) is 1. The van der Waals surface area contributed by atoms with E-state index in [1.54, 1.807) is 11.6 Å². The van der Waals surface area contributed by atoms with Gasteiger partial charge in [-0.15, -0.1) is 0 Å². The van der Waals surface area contributed by atoms with Crippen LogP contribution >= 0.6 is 0 Å². The first-order valence-corrected chi connectivity index (χ1v) is 12.5. The van der Waals surface area contributed by atoms with Gasteiger partial charge >= 0.3 is 6.03 Å². The molecule has 0 unspecified atom stereocenters. The fourth-order valence-corrected chi connectivity index (χ4v) is 6.73. The summed E-state index contributed by atoms with van der Waals surface area (Å²) in [5.41, 5.74) is -0.156. The fraction of sp³-hybridized carbons (Fsp3) is 0.800. The lowest BCUT2D eigenvalue weighted by Crippen LogP contribution is -2.57. The number of sulfonamides is 1. The summed E-state index contributed by atoms with van der Waals surface area (Å²) in [6.07, 6.45) is 8.56. The van der Waals surface area contributed by atoms with Crippen molar-refractivity contribution in [3.8, 4) is 0 Å². The summed E-state index contributed by atoms with van der Waals surface area (Å²) >= 11 is 0. The summed E-state index contributed by atoms with van der Waals surface area (Å²) in [6.45, 7) is 3.87. The molecule has 166 valence electrons. The van der Waals surface area contributed by atoms with Gasteiger partial charge < -0.3 is 19.1 Å². The van der Waals surface area contributed by atoms with E-state index in [9.17, 15) is 13.2 Å². The zero-order valence-electron chi connectivity index (χ0n) is 17.6. The molecule has 4 fully saturated rings. The molecule has 3 saturated heterocycles. The molecule has 1 aromatic heterocycles. The Hall–Kier alpha value is -1.65. The van der Waals surface area contributed by atoms with Crippen LogP contribution in [-0.4, -0.2) is 89.1 Å². The number of aromatic nitrogens is 2. The third kappa shape index (κ3) is 3.52. The number of amides is 2. The highest BCUT2D eigenvalue weighted by molar-refractivity contribution is 7.89. The van der Waals surface area contributed by atoms with Gasteiger partial charge in [-0.3, -0.25) is 0 Å². The Bertz CT molecular complexity index is 898. The van der Waals surface area contributed by atoms with Crippen molar-refractivity contribution in [2.24, 2.45) is 13.0 Å². The minimum Gasteiger partial charge on any atom is -0.381 e. The van der Waals surface area contributed by atoms with E-state index in [0.717, 1.165) is 25.9 Å². The Morgan fingerprint density at radius 1 is 1.17 bits per heavy atom. The van der Waals surface area contributed by atoms with Gasteiger partial charge in [0.15, 0.2) is 5.03 Å². The molecule has 0 atom stereocenters. The molecule has 4 aliphatic rings. The molecule has 3 aliphatic heterocycles. The molecule has 0 bridgehead atoms. The molecule has 2 amide bonds. The van der Waals surface area contributed by atoms with Gasteiger partial charge in [0, 0.05) is 58.7 Å². The average Bonchev–Trinajstić information content (AvgIpc) is 3.38. The highest BCUT2D eigenvalue weighted by Gasteiger charge is 2.53. The van der Waals surface area contributed by atoms with Crippen LogP contribution in [0.1, 0.15) is 38.5 Å². The van der Waals surface area contributed by atoms with Crippen LogP contribution in [0.3, 0.4) is 0 Å². The smallest absolute Gasteiger partial charge is 0.320 e. The SMILES string of the molecule is Cn1cnc(S(=O)(=O)N2CCC(N3C(=O)N(CC4CC4)CC34CCOCC4)CC2)c1. The maximum absolute atomic E-state index is 13.4. The van der Waals surface area contributed by atoms with E-state index in [2.05, 4.69) is 14.8 Å². The number of hydrogen-bond acceptors (Lipinski definition) is 5. The van der Waals surface area contributed by atoms with Crippen molar-refractivity contribution >= 4 is 16.1 Å². The van der Waals surface area contributed by atoms with Crippen LogP contribution in [-0.2, 0) is 21.8 Å². The molecule has 4 heterocycles. The monoisotopic (exact) mass is 437 g/mol. The number of carbonyl (C=O) groups is 1. The van der Waals surface area contributed by atoms with Gasteiger partial charge in [-0.25, -0.2) is 18.2 Å². The van der Waals surface area contributed by atoms with Crippen molar-refractivity contribution < 1.29 is 17.9 Å². The molecule has 0 aromatic carbocycles. The molecule has 1 spiro atoms. The topological polar surface area (TPSA) is 88.0 Å². The van der Waals surface area contributed by atoms with Crippen LogP contribution in [0.25, 0.3) is 0 Å². The Labute approximate surface area is 178 Å². The van der Waals surface area contributed by atoms with Crippen molar-refractivity contribution in [2.75, 3.05) is 39.4 Å². The number of carbonyl (C=O) groups excluding carboxylic acids is 1. The van der Waals surface area contributed by atoms with E-state index in [0.29, 0.717) is 45.1 Å². The second-order valence-electron chi connectivity index (χ2n) is 9.33. The fourth-order valence-electron chi connectivity index (χ4n) is 5.30. The van der Waals surface area contributed by atoms with Gasteiger partial charge in [-0.1, -0.05) is 0 Å². The number of aryl methyl sites for hydroxylation is 1. The van der Waals surface area contributed by atoms with E-state index >= 15 is 0 Å². The van der Waals surface area contributed by atoms with Crippen molar-refractivity contribution in [1.29, 1.82) is 0 Å². The predicted molar refractivity (Wildman–Crippen MR) is 109 cm³/mol. The lowest BCUT2D eigenvalue weighted by molar-refractivity contribution is -0.0131. The van der Waals surface area contributed by atoms with E-state index in [-0.39, 0.29) is 22.6 Å². The normalized spacial score (nSPS) is 26.1. The summed E-state index contributed by atoms with van der Waals surface area (Å²) in [4.78, 5) is 21.6. The molecular weight excluding hydrogens is 406 g/mol. The lowest BCUT2D eigenvalue weighted by Gasteiger charge is -2.46. The Balaban J connectivity index is 1.31. The third-order valence-electron chi connectivity index (χ3n) is 7.15. The first-order valence-electron chi connectivity index (χ1n) is 11.0. The van der Waals surface area contributed by atoms with Crippen molar-refractivity contribution in [1.82, 2.24) is 23.7 Å². The molecule has 30 heavy (non-hydrogen) atoms. The molecule has 10 heteroatoms. The number of urea groups is 1. The summed E-state index contributed by atoms with van der Waals surface area (Å²) < 4.78 is 34.6. The van der Waals surface area contributed by atoms with Crippen LogP contribution in [0, 0.1) is 5.92 Å². The average molecular weight is 438 g/mol. The number of piperidine rings is 1. The molecule has 5 rings (SSSR count). The van der Waals surface area contributed by atoms with Gasteiger partial charge in [0.25, 0.3) is 10.0 Å².